The number of aromatic nitrogens is 1. The first kappa shape index (κ1) is 17.6. The molecule has 1 aromatic heterocycles. The molecule has 0 atom stereocenters. The Hall–Kier alpha value is -2.77. The molecule has 2 heterocycles. The lowest BCUT2D eigenvalue weighted by Gasteiger charge is -2.27. The van der Waals surface area contributed by atoms with Gasteiger partial charge < -0.3 is 5.32 Å². The molecule has 0 bridgehead atoms. The maximum atomic E-state index is 13.6. The zero-order valence-corrected chi connectivity index (χ0v) is 15.4. The van der Waals surface area contributed by atoms with Crippen molar-refractivity contribution < 1.29 is 9.18 Å². The van der Waals surface area contributed by atoms with Crippen LogP contribution in [0.25, 0.3) is 0 Å². The fourth-order valence-electron chi connectivity index (χ4n) is 3.17. The molecule has 1 aliphatic heterocycles. The topological polar surface area (TPSA) is 57.3 Å². The van der Waals surface area contributed by atoms with Gasteiger partial charge >= 0.3 is 6.03 Å². The minimum atomic E-state index is -0.507. The highest BCUT2D eigenvalue weighted by molar-refractivity contribution is 7.13. The molecular weight excluding hydrogens is 363 g/mol. The third kappa shape index (κ3) is 4.32. The summed E-state index contributed by atoms with van der Waals surface area (Å²) < 4.78 is 13.6. The number of fused-ring (bicyclic) bond motifs is 1. The van der Waals surface area contributed by atoms with Crippen LogP contribution in [-0.2, 0) is 19.5 Å². The highest BCUT2D eigenvalue weighted by Gasteiger charge is 2.17. The summed E-state index contributed by atoms with van der Waals surface area (Å²) in [6.07, 6.45) is 1.04. The van der Waals surface area contributed by atoms with Crippen LogP contribution >= 0.6 is 11.3 Å². The Kier molecular flexibility index (Phi) is 5.13. The van der Waals surface area contributed by atoms with Gasteiger partial charge in [-0.1, -0.05) is 36.4 Å². The summed E-state index contributed by atoms with van der Waals surface area (Å²) in [5.74, 6) is -0.474. The lowest BCUT2D eigenvalue weighted by atomic mass is 10.00. The van der Waals surface area contributed by atoms with Crippen molar-refractivity contribution in [1.82, 2.24) is 9.88 Å². The third-order valence-corrected chi connectivity index (χ3v) is 5.30. The molecule has 1 aliphatic rings. The van der Waals surface area contributed by atoms with E-state index in [0.29, 0.717) is 5.13 Å². The first-order chi connectivity index (χ1) is 13.2. The molecular formula is C20H19FN4OS. The zero-order valence-electron chi connectivity index (χ0n) is 14.6. The van der Waals surface area contributed by atoms with Crippen molar-refractivity contribution in [2.75, 3.05) is 17.2 Å². The molecule has 0 aliphatic carbocycles. The number of benzene rings is 2. The van der Waals surface area contributed by atoms with E-state index in [1.54, 1.807) is 12.1 Å². The number of rotatable bonds is 4. The number of nitrogens with zero attached hydrogens (tertiary/aromatic N) is 2. The molecule has 2 aromatic carbocycles. The van der Waals surface area contributed by atoms with Crippen molar-refractivity contribution in [3.8, 4) is 0 Å². The van der Waals surface area contributed by atoms with E-state index in [9.17, 15) is 9.18 Å². The van der Waals surface area contributed by atoms with E-state index in [2.05, 4.69) is 44.8 Å². The van der Waals surface area contributed by atoms with Crippen molar-refractivity contribution in [2.24, 2.45) is 0 Å². The second-order valence-electron chi connectivity index (χ2n) is 6.43. The fraction of sp³-hybridized carbons (Fsp3) is 0.200. The summed E-state index contributed by atoms with van der Waals surface area (Å²) >= 11 is 1.36. The molecule has 2 N–H and O–H groups in total. The summed E-state index contributed by atoms with van der Waals surface area (Å²) in [5, 5.41) is 7.59. The number of para-hydroxylation sites is 1. The lowest BCUT2D eigenvalue weighted by molar-refractivity contribution is 0.243. The van der Waals surface area contributed by atoms with Gasteiger partial charge in [-0.15, -0.1) is 11.3 Å². The molecule has 2 amide bonds. The second kappa shape index (κ2) is 7.85. The minimum Gasteiger partial charge on any atom is -0.305 e. The molecule has 0 fully saturated rings. The molecule has 5 nitrogen and oxygen atoms in total. The van der Waals surface area contributed by atoms with E-state index < -0.39 is 11.8 Å². The largest absolute Gasteiger partial charge is 0.325 e. The Bertz CT molecular complexity index is 958. The molecule has 4 rings (SSSR count). The van der Waals surface area contributed by atoms with E-state index in [0.717, 1.165) is 31.7 Å². The number of carbonyl (C=O) groups excluding carboxylic acids is 1. The summed E-state index contributed by atoms with van der Waals surface area (Å²) in [5.41, 5.74) is 3.83. The van der Waals surface area contributed by atoms with Crippen LogP contribution in [0.4, 0.5) is 20.0 Å². The third-order valence-electron chi connectivity index (χ3n) is 4.49. The van der Waals surface area contributed by atoms with Crippen LogP contribution in [0.1, 0.15) is 16.8 Å². The highest BCUT2D eigenvalue weighted by atomic mass is 32.1. The van der Waals surface area contributed by atoms with Crippen LogP contribution in [0, 0.1) is 5.82 Å². The number of urea groups is 1. The highest BCUT2D eigenvalue weighted by Crippen LogP contribution is 2.22. The van der Waals surface area contributed by atoms with Gasteiger partial charge in [-0.25, -0.2) is 14.2 Å². The molecule has 138 valence electrons. The van der Waals surface area contributed by atoms with Gasteiger partial charge in [0, 0.05) is 25.0 Å². The van der Waals surface area contributed by atoms with E-state index in [4.69, 9.17) is 0 Å². The van der Waals surface area contributed by atoms with Crippen LogP contribution in [-0.4, -0.2) is 22.5 Å². The standard InChI is InChI=1S/C20H19FN4OS/c21-17-7-3-4-8-18(17)23-19(26)24-20-22-16(13-27-20)12-25-10-9-14-5-1-2-6-15(14)11-25/h1-8,13H,9-12H2,(H2,22,23,24,26). The molecule has 0 saturated heterocycles. The molecule has 0 unspecified atom stereocenters. The summed E-state index contributed by atoms with van der Waals surface area (Å²) in [6.45, 7) is 2.64. The van der Waals surface area contributed by atoms with Crippen LogP contribution < -0.4 is 10.6 Å². The van der Waals surface area contributed by atoms with Crippen molar-refractivity contribution in [3.05, 3.63) is 76.5 Å². The predicted octanol–water partition coefficient (Wildman–Crippen LogP) is 4.48. The van der Waals surface area contributed by atoms with Crippen LogP contribution in [0.2, 0.25) is 0 Å². The summed E-state index contributed by atoms with van der Waals surface area (Å²) in [4.78, 5) is 18.9. The van der Waals surface area contributed by atoms with Gasteiger partial charge in [-0.2, -0.15) is 0 Å². The van der Waals surface area contributed by atoms with Gasteiger partial charge in [-0.05, 0) is 29.7 Å². The first-order valence-corrected chi connectivity index (χ1v) is 9.61. The molecule has 27 heavy (non-hydrogen) atoms. The lowest BCUT2D eigenvalue weighted by Crippen LogP contribution is -2.30. The second-order valence-corrected chi connectivity index (χ2v) is 7.29. The summed E-state index contributed by atoms with van der Waals surface area (Å²) in [7, 11) is 0. The smallest absolute Gasteiger partial charge is 0.305 e. The Morgan fingerprint density at radius 1 is 1.11 bits per heavy atom. The van der Waals surface area contributed by atoms with Gasteiger partial charge in [0.25, 0.3) is 0 Å². The monoisotopic (exact) mass is 382 g/mol. The average Bonchev–Trinajstić information content (AvgIpc) is 3.10. The zero-order chi connectivity index (χ0) is 18.6. The number of hydrogen-bond donors (Lipinski definition) is 2. The summed E-state index contributed by atoms with van der Waals surface area (Å²) in [6, 6.07) is 14.0. The molecule has 0 saturated carbocycles. The Labute approximate surface area is 160 Å². The SMILES string of the molecule is O=C(Nc1nc(CN2CCc3ccccc3C2)cs1)Nc1ccccc1F. The maximum absolute atomic E-state index is 13.6. The predicted molar refractivity (Wildman–Crippen MR) is 105 cm³/mol. The van der Waals surface area contributed by atoms with E-state index in [-0.39, 0.29) is 5.69 Å². The number of thiazole rings is 1. The van der Waals surface area contributed by atoms with E-state index in [1.165, 1.54) is 34.6 Å². The Morgan fingerprint density at radius 2 is 1.89 bits per heavy atom. The van der Waals surface area contributed by atoms with Gasteiger partial charge in [0.1, 0.15) is 5.82 Å². The fourth-order valence-corrected chi connectivity index (χ4v) is 3.86. The maximum Gasteiger partial charge on any atom is 0.325 e. The van der Waals surface area contributed by atoms with Gasteiger partial charge in [-0.3, -0.25) is 10.2 Å². The number of amides is 2. The van der Waals surface area contributed by atoms with Crippen molar-refractivity contribution in [2.45, 2.75) is 19.5 Å². The number of carbonyl (C=O) groups is 1. The number of halogens is 1. The first-order valence-electron chi connectivity index (χ1n) is 8.73. The molecule has 0 spiro atoms. The van der Waals surface area contributed by atoms with Crippen LogP contribution in [0.3, 0.4) is 0 Å². The van der Waals surface area contributed by atoms with Gasteiger partial charge in [0.05, 0.1) is 11.4 Å². The normalized spacial score (nSPS) is 13.8. The number of anilines is 2. The van der Waals surface area contributed by atoms with Crippen molar-refractivity contribution in [1.29, 1.82) is 0 Å². The number of hydrogen-bond acceptors (Lipinski definition) is 4. The van der Waals surface area contributed by atoms with E-state index >= 15 is 0 Å². The quantitative estimate of drug-likeness (QED) is 0.699. The van der Waals surface area contributed by atoms with Gasteiger partial charge in [0.2, 0.25) is 0 Å². The Balaban J connectivity index is 1.34. The average molecular weight is 382 g/mol. The van der Waals surface area contributed by atoms with Crippen molar-refractivity contribution in [3.63, 3.8) is 0 Å². The van der Waals surface area contributed by atoms with E-state index in [1.807, 2.05) is 5.38 Å². The Morgan fingerprint density at radius 3 is 2.74 bits per heavy atom. The number of nitrogens with one attached hydrogen (secondary N) is 2. The van der Waals surface area contributed by atoms with Crippen molar-refractivity contribution >= 4 is 28.2 Å². The van der Waals surface area contributed by atoms with Crippen LogP contribution in [0.5, 0.6) is 0 Å². The molecule has 0 radical (unpaired) electrons. The minimum absolute atomic E-state index is 0.138. The molecule has 3 aromatic rings. The van der Waals surface area contributed by atoms with Gasteiger partial charge in [0.15, 0.2) is 5.13 Å². The molecule has 7 heteroatoms. The van der Waals surface area contributed by atoms with Crippen LogP contribution in [0.15, 0.2) is 53.9 Å².